The number of amides is 3. The monoisotopic (exact) mass is 654 g/mol. The number of fused-ring (bicyclic) bond motifs is 3. The number of halogens is 2. The lowest BCUT2D eigenvalue weighted by Gasteiger charge is -2.39. The number of ether oxygens (including phenoxy) is 1. The van der Waals surface area contributed by atoms with Crippen LogP contribution in [0, 0.1) is 11.7 Å². The second-order valence-electron chi connectivity index (χ2n) is 11.3. The Labute approximate surface area is 244 Å². The third kappa shape index (κ3) is 3.97. The van der Waals surface area contributed by atoms with Gasteiger partial charge in [-0.25, -0.2) is 14.1 Å². The molecule has 8 nitrogen and oxygen atoms in total. The molecule has 206 valence electrons. The normalized spacial score (nSPS) is 25.7. The van der Waals surface area contributed by atoms with Gasteiger partial charge in [-0.05, 0) is 72.4 Å². The number of hydrogen-bond acceptors (Lipinski definition) is 5. The molecule has 2 aliphatic heterocycles. The highest BCUT2D eigenvalue weighted by Crippen LogP contribution is 2.52. The van der Waals surface area contributed by atoms with Crippen molar-refractivity contribution in [2.75, 3.05) is 6.54 Å². The molecule has 1 saturated carbocycles. The van der Waals surface area contributed by atoms with E-state index in [4.69, 9.17) is 4.74 Å². The zero-order chi connectivity index (χ0) is 27.8. The van der Waals surface area contributed by atoms with Crippen LogP contribution >= 0.6 is 22.6 Å². The summed E-state index contributed by atoms with van der Waals surface area (Å²) in [7, 11) is 1.86. The van der Waals surface area contributed by atoms with Crippen molar-refractivity contribution in [2.45, 2.75) is 54.2 Å². The molecular formula is C30H28FIN4O4. The zero-order valence-electron chi connectivity index (χ0n) is 22.0. The molecule has 3 amide bonds. The standard InChI is InChI=1S/C30H28FIN4O4/c1-34-15-22(14-33-34)18-3-7-25-20(12-18)8-10-29(25)27(38)35(28(39)40-29)17-26(37)36-16-21-2-6-24(31)13-19(21)9-11-30(36,32)23-4-5-23/h2-3,6-7,12-15,23H,4-5,8-11,16-17H2,1H3/t29-,30-/m0/s1. The van der Waals surface area contributed by atoms with E-state index >= 15 is 0 Å². The summed E-state index contributed by atoms with van der Waals surface area (Å²) in [6.45, 7) is -0.0629. The highest BCUT2D eigenvalue weighted by Gasteiger charge is 2.59. The van der Waals surface area contributed by atoms with Crippen LogP contribution in [0.4, 0.5) is 9.18 Å². The Bertz CT molecular complexity index is 1590. The molecule has 7 rings (SSSR count). The van der Waals surface area contributed by atoms with E-state index in [1.165, 1.54) is 6.07 Å². The van der Waals surface area contributed by atoms with Gasteiger partial charge >= 0.3 is 6.09 Å². The Morgan fingerprint density at radius 1 is 1.07 bits per heavy atom. The topological polar surface area (TPSA) is 84.7 Å². The lowest BCUT2D eigenvalue weighted by Crippen LogP contribution is -2.52. The second-order valence-corrected chi connectivity index (χ2v) is 13.2. The summed E-state index contributed by atoms with van der Waals surface area (Å²) in [5, 5.41) is 4.24. The minimum Gasteiger partial charge on any atom is -0.427 e. The summed E-state index contributed by atoms with van der Waals surface area (Å²) in [4.78, 5) is 43.7. The molecule has 2 aromatic carbocycles. The fraction of sp³-hybridized carbons (Fsp3) is 0.400. The van der Waals surface area contributed by atoms with Crippen molar-refractivity contribution in [1.29, 1.82) is 0 Å². The van der Waals surface area contributed by atoms with E-state index < -0.39 is 21.1 Å². The number of nitrogens with zero attached hydrogens (tertiary/aromatic N) is 4. The van der Waals surface area contributed by atoms with Gasteiger partial charge in [0.05, 0.1) is 9.74 Å². The summed E-state index contributed by atoms with van der Waals surface area (Å²) in [5.41, 5.74) is 3.98. The van der Waals surface area contributed by atoms with Gasteiger partial charge in [0.15, 0.2) is 0 Å². The minimum atomic E-state index is -1.40. The van der Waals surface area contributed by atoms with Crippen molar-refractivity contribution in [3.05, 3.63) is 76.9 Å². The molecule has 0 bridgehead atoms. The number of alkyl halides is 1. The molecule has 0 unspecified atom stereocenters. The number of rotatable bonds is 4. The van der Waals surface area contributed by atoms with E-state index in [0.29, 0.717) is 43.7 Å². The number of imide groups is 1. The highest BCUT2D eigenvalue weighted by atomic mass is 127. The average molecular weight is 654 g/mol. The summed E-state index contributed by atoms with van der Waals surface area (Å²) in [5.74, 6) is -0.740. The molecule has 1 saturated heterocycles. The van der Waals surface area contributed by atoms with Gasteiger partial charge in [-0.3, -0.25) is 14.3 Å². The van der Waals surface area contributed by atoms with Crippen molar-refractivity contribution >= 4 is 40.5 Å². The lowest BCUT2D eigenvalue weighted by atomic mass is 9.93. The van der Waals surface area contributed by atoms with Gasteiger partial charge in [-0.2, -0.15) is 5.10 Å². The van der Waals surface area contributed by atoms with E-state index in [0.717, 1.165) is 45.6 Å². The quantitative estimate of drug-likeness (QED) is 0.228. The SMILES string of the molecule is Cn1cc(-c2ccc3c(c2)CC[C@]32OC(=O)N(CC(=O)N3Cc4ccc(F)cc4CC[C@@]3(I)C3CC3)C2=O)cn1. The summed E-state index contributed by atoms with van der Waals surface area (Å²) in [6.07, 6.45) is 7.24. The van der Waals surface area contributed by atoms with Crippen LogP contribution in [0.15, 0.2) is 48.8 Å². The van der Waals surface area contributed by atoms with E-state index in [1.807, 2.05) is 36.3 Å². The smallest absolute Gasteiger partial charge is 0.418 e. The summed E-state index contributed by atoms with van der Waals surface area (Å²) >= 11 is 2.38. The van der Waals surface area contributed by atoms with E-state index in [1.54, 1.807) is 23.0 Å². The van der Waals surface area contributed by atoms with Crippen molar-refractivity contribution in [1.82, 2.24) is 19.6 Å². The van der Waals surface area contributed by atoms with Gasteiger partial charge in [0.1, 0.15) is 12.4 Å². The van der Waals surface area contributed by atoms with Gasteiger partial charge in [0, 0.05) is 37.3 Å². The van der Waals surface area contributed by atoms with Gasteiger partial charge in [-0.1, -0.05) is 46.9 Å². The maximum absolute atomic E-state index is 14.0. The maximum Gasteiger partial charge on any atom is 0.418 e. The molecule has 1 spiro atoms. The molecule has 2 aliphatic carbocycles. The predicted octanol–water partition coefficient (Wildman–Crippen LogP) is 4.86. The predicted molar refractivity (Wildman–Crippen MR) is 152 cm³/mol. The number of hydrogen-bond donors (Lipinski definition) is 0. The van der Waals surface area contributed by atoms with Crippen LogP contribution in [0.5, 0.6) is 0 Å². The molecular weight excluding hydrogens is 626 g/mol. The molecule has 3 heterocycles. The molecule has 0 N–H and O–H groups in total. The van der Waals surface area contributed by atoms with Crippen LogP contribution in [0.2, 0.25) is 0 Å². The van der Waals surface area contributed by atoms with Crippen LogP contribution < -0.4 is 0 Å². The first kappa shape index (κ1) is 25.7. The number of aryl methyl sites for hydroxylation is 3. The van der Waals surface area contributed by atoms with E-state index in [-0.39, 0.29) is 18.3 Å². The van der Waals surface area contributed by atoms with Crippen LogP contribution in [-0.2, 0) is 46.4 Å². The molecule has 3 aromatic rings. The highest BCUT2D eigenvalue weighted by molar-refractivity contribution is 14.1. The first-order valence-electron chi connectivity index (χ1n) is 13.6. The third-order valence-electron chi connectivity index (χ3n) is 8.89. The summed E-state index contributed by atoms with van der Waals surface area (Å²) < 4.78 is 21.1. The zero-order valence-corrected chi connectivity index (χ0v) is 24.2. The van der Waals surface area contributed by atoms with Crippen LogP contribution in [0.25, 0.3) is 11.1 Å². The van der Waals surface area contributed by atoms with Gasteiger partial charge in [0.2, 0.25) is 11.5 Å². The first-order chi connectivity index (χ1) is 19.2. The van der Waals surface area contributed by atoms with Crippen LogP contribution in [-0.4, -0.2) is 47.6 Å². The Morgan fingerprint density at radius 3 is 2.62 bits per heavy atom. The fourth-order valence-electron chi connectivity index (χ4n) is 6.60. The number of aromatic nitrogens is 2. The maximum atomic E-state index is 14.0. The van der Waals surface area contributed by atoms with Crippen LogP contribution in [0.1, 0.15) is 47.9 Å². The van der Waals surface area contributed by atoms with Crippen molar-refractivity contribution in [2.24, 2.45) is 13.0 Å². The van der Waals surface area contributed by atoms with Gasteiger partial charge in [-0.15, -0.1) is 0 Å². The molecule has 10 heteroatoms. The Morgan fingerprint density at radius 2 is 1.88 bits per heavy atom. The minimum absolute atomic E-state index is 0.288. The van der Waals surface area contributed by atoms with Gasteiger partial charge in [0.25, 0.3) is 5.91 Å². The average Bonchev–Trinajstić information content (AvgIpc) is 3.59. The number of benzene rings is 2. The lowest BCUT2D eigenvalue weighted by molar-refractivity contribution is -0.143. The Kier molecular flexibility index (Phi) is 5.85. The second kappa shape index (κ2) is 9.12. The first-order valence-corrected chi connectivity index (χ1v) is 14.7. The number of carbonyl (C=O) groups is 3. The molecule has 2 atom stereocenters. The van der Waals surface area contributed by atoms with Gasteiger partial charge < -0.3 is 9.64 Å². The molecule has 1 aromatic heterocycles. The molecule has 0 radical (unpaired) electrons. The molecule has 40 heavy (non-hydrogen) atoms. The van der Waals surface area contributed by atoms with Crippen molar-refractivity contribution in [3.63, 3.8) is 0 Å². The number of carbonyl (C=O) groups excluding carboxylic acids is 3. The molecule has 2 fully saturated rings. The molecule has 4 aliphatic rings. The Balaban J connectivity index is 1.16. The summed E-state index contributed by atoms with van der Waals surface area (Å²) in [6, 6.07) is 10.5. The Hall–Kier alpha value is -3.28. The van der Waals surface area contributed by atoms with E-state index in [2.05, 4.69) is 27.7 Å². The largest absolute Gasteiger partial charge is 0.427 e. The van der Waals surface area contributed by atoms with Crippen LogP contribution in [0.3, 0.4) is 0 Å². The van der Waals surface area contributed by atoms with Crippen molar-refractivity contribution < 1.29 is 23.5 Å². The fourth-order valence-corrected chi connectivity index (χ4v) is 7.93. The third-order valence-corrected chi connectivity index (χ3v) is 10.9. The van der Waals surface area contributed by atoms with E-state index in [9.17, 15) is 18.8 Å². The van der Waals surface area contributed by atoms with Crippen molar-refractivity contribution in [3.8, 4) is 11.1 Å².